The molecule has 0 bridgehead atoms. The fourth-order valence-corrected chi connectivity index (χ4v) is 3.32. The Labute approximate surface area is 110 Å². The lowest BCUT2D eigenvalue weighted by atomic mass is 9.74. The van der Waals surface area contributed by atoms with Gasteiger partial charge in [-0.25, -0.2) is 0 Å². The molecule has 3 unspecified atom stereocenters. The van der Waals surface area contributed by atoms with Crippen molar-refractivity contribution < 1.29 is 5.11 Å². The predicted octanol–water partition coefficient (Wildman–Crippen LogP) is 3.35. The van der Waals surface area contributed by atoms with Gasteiger partial charge in [0.2, 0.25) is 0 Å². The molecule has 100 valence electrons. The Morgan fingerprint density at radius 3 is 2.83 bits per heavy atom. The van der Waals surface area contributed by atoms with Gasteiger partial charge in [0.1, 0.15) is 5.75 Å². The van der Waals surface area contributed by atoms with Gasteiger partial charge in [-0.05, 0) is 62.3 Å². The zero-order valence-electron chi connectivity index (χ0n) is 11.5. The molecule has 0 radical (unpaired) electrons. The number of nitrogens with one attached hydrogen (secondary N) is 1. The van der Waals surface area contributed by atoms with Gasteiger partial charge in [-0.3, -0.25) is 0 Å². The second-order valence-electron chi connectivity index (χ2n) is 5.62. The second-order valence-corrected chi connectivity index (χ2v) is 5.62. The number of phenolic OH excluding ortho intramolecular Hbond substituents is 1. The quantitative estimate of drug-likeness (QED) is 0.855. The summed E-state index contributed by atoms with van der Waals surface area (Å²) < 4.78 is 0. The number of rotatable bonds is 4. The molecule has 1 saturated carbocycles. The van der Waals surface area contributed by atoms with Crippen molar-refractivity contribution in [3.63, 3.8) is 0 Å². The van der Waals surface area contributed by atoms with Crippen molar-refractivity contribution in [2.24, 2.45) is 11.8 Å². The fourth-order valence-electron chi connectivity index (χ4n) is 3.32. The van der Waals surface area contributed by atoms with Crippen LogP contribution in [0.3, 0.4) is 0 Å². The summed E-state index contributed by atoms with van der Waals surface area (Å²) in [6.45, 7) is 2.30. The third-order valence-electron chi connectivity index (χ3n) is 4.45. The SMILES string of the molecule is CCC1CCC(NC)C(Cc2cccc(O)c2)C1. The molecule has 2 N–H and O–H groups in total. The summed E-state index contributed by atoms with van der Waals surface area (Å²) in [6.07, 6.45) is 6.35. The third-order valence-corrected chi connectivity index (χ3v) is 4.45. The number of hydrogen-bond donors (Lipinski definition) is 2. The standard InChI is InChI=1S/C16H25NO/c1-3-12-7-8-16(17-2)14(9-12)10-13-5-4-6-15(18)11-13/h4-6,11-12,14,16-18H,3,7-10H2,1-2H3. The summed E-state index contributed by atoms with van der Waals surface area (Å²) in [6, 6.07) is 8.35. The number of hydrogen-bond acceptors (Lipinski definition) is 2. The van der Waals surface area contributed by atoms with Crippen LogP contribution in [0, 0.1) is 11.8 Å². The maximum Gasteiger partial charge on any atom is 0.115 e. The molecule has 0 aromatic heterocycles. The van der Waals surface area contributed by atoms with Gasteiger partial charge in [0, 0.05) is 6.04 Å². The average molecular weight is 247 g/mol. The van der Waals surface area contributed by atoms with Gasteiger partial charge < -0.3 is 10.4 Å². The zero-order chi connectivity index (χ0) is 13.0. The van der Waals surface area contributed by atoms with Crippen LogP contribution < -0.4 is 5.32 Å². The van der Waals surface area contributed by atoms with Gasteiger partial charge in [0.15, 0.2) is 0 Å². The van der Waals surface area contributed by atoms with Crippen molar-refractivity contribution in [3.8, 4) is 5.75 Å². The molecule has 0 aliphatic heterocycles. The summed E-state index contributed by atoms with van der Waals surface area (Å²) >= 11 is 0. The van der Waals surface area contributed by atoms with E-state index in [1.807, 2.05) is 12.1 Å². The van der Waals surface area contributed by atoms with Crippen LogP contribution in [0.4, 0.5) is 0 Å². The van der Waals surface area contributed by atoms with Crippen LogP contribution in [0.15, 0.2) is 24.3 Å². The van der Waals surface area contributed by atoms with Crippen molar-refractivity contribution in [3.05, 3.63) is 29.8 Å². The van der Waals surface area contributed by atoms with Gasteiger partial charge in [0.25, 0.3) is 0 Å². The lowest BCUT2D eigenvalue weighted by Crippen LogP contribution is -2.39. The molecular formula is C16H25NO. The summed E-state index contributed by atoms with van der Waals surface area (Å²) in [5, 5.41) is 13.0. The van der Waals surface area contributed by atoms with E-state index in [4.69, 9.17) is 0 Å². The first-order chi connectivity index (χ1) is 8.72. The Hall–Kier alpha value is -1.02. The van der Waals surface area contributed by atoms with Crippen LogP contribution in [0.1, 0.15) is 38.2 Å². The average Bonchev–Trinajstić information content (AvgIpc) is 2.38. The molecule has 2 rings (SSSR count). The minimum absolute atomic E-state index is 0.386. The molecule has 0 heterocycles. The Bertz CT molecular complexity index is 377. The highest BCUT2D eigenvalue weighted by Gasteiger charge is 2.28. The van der Waals surface area contributed by atoms with Crippen molar-refractivity contribution >= 4 is 0 Å². The smallest absolute Gasteiger partial charge is 0.115 e. The highest BCUT2D eigenvalue weighted by molar-refractivity contribution is 5.27. The second kappa shape index (κ2) is 6.24. The monoisotopic (exact) mass is 247 g/mol. The normalized spacial score (nSPS) is 28.2. The van der Waals surface area contributed by atoms with E-state index >= 15 is 0 Å². The van der Waals surface area contributed by atoms with E-state index < -0.39 is 0 Å². The van der Waals surface area contributed by atoms with Crippen molar-refractivity contribution in [2.75, 3.05) is 7.05 Å². The molecule has 0 saturated heterocycles. The Morgan fingerprint density at radius 1 is 1.33 bits per heavy atom. The topological polar surface area (TPSA) is 32.3 Å². The molecule has 3 atom stereocenters. The van der Waals surface area contributed by atoms with Crippen LogP contribution >= 0.6 is 0 Å². The maximum absolute atomic E-state index is 9.55. The maximum atomic E-state index is 9.55. The molecule has 0 amide bonds. The number of benzene rings is 1. The molecule has 1 aliphatic carbocycles. The van der Waals surface area contributed by atoms with Crippen molar-refractivity contribution in [1.29, 1.82) is 0 Å². The first kappa shape index (κ1) is 13.4. The molecule has 1 aromatic carbocycles. The van der Waals surface area contributed by atoms with Crippen LogP contribution in [0.25, 0.3) is 0 Å². The first-order valence-corrected chi connectivity index (χ1v) is 7.18. The van der Waals surface area contributed by atoms with Crippen LogP contribution in [-0.4, -0.2) is 18.2 Å². The molecule has 18 heavy (non-hydrogen) atoms. The van der Waals surface area contributed by atoms with Gasteiger partial charge >= 0.3 is 0 Å². The number of aromatic hydroxyl groups is 1. The van der Waals surface area contributed by atoms with Gasteiger partial charge in [0.05, 0.1) is 0 Å². The molecule has 2 heteroatoms. The lowest BCUT2D eigenvalue weighted by molar-refractivity contribution is 0.205. The molecule has 1 aromatic rings. The fraction of sp³-hybridized carbons (Fsp3) is 0.625. The summed E-state index contributed by atoms with van der Waals surface area (Å²) in [7, 11) is 2.08. The van der Waals surface area contributed by atoms with Gasteiger partial charge in [-0.15, -0.1) is 0 Å². The van der Waals surface area contributed by atoms with Crippen LogP contribution in [0.5, 0.6) is 5.75 Å². The number of phenols is 1. The molecule has 2 nitrogen and oxygen atoms in total. The minimum atomic E-state index is 0.386. The minimum Gasteiger partial charge on any atom is -0.508 e. The van der Waals surface area contributed by atoms with Crippen LogP contribution in [0.2, 0.25) is 0 Å². The van der Waals surface area contributed by atoms with E-state index in [-0.39, 0.29) is 0 Å². The summed E-state index contributed by atoms with van der Waals surface area (Å²) in [5.41, 5.74) is 1.26. The Kier molecular flexibility index (Phi) is 4.65. The van der Waals surface area contributed by atoms with E-state index in [0.29, 0.717) is 17.7 Å². The predicted molar refractivity (Wildman–Crippen MR) is 75.8 cm³/mol. The lowest BCUT2D eigenvalue weighted by Gasteiger charge is -2.36. The van der Waals surface area contributed by atoms with Gasteiger partial charge in [-0.2, -0.15) is 0 Å². The third kappa shape index (κ3) is 3.26. The molecule has 1 fully saturated rings. The first-order valence-electron chi connectivity index (χ1n) is 7.18. The van der Waals surface area contributed by atoms with Crippen LogP contribution in [-0.2, 0) is 6.42 Å². The van der Waals surface area contributed by atoms with Crippen molar-refractivity contribution in [2.45, 2.75) is 45.1 Å². The summed E-state index contributed by atoms with van der Waals surface area (Å²) in [4.78, 5) is 0. The summed E-state index contributed by atoms with van der Waals surface area (Å²) in [5.74, 6) is 1.98. The zero-order valence-corrected chi connectivity index (χ0v) is 11.5. The largest absolute Gasteiger partial charge is 0.508 e. The highest BCUT2D eigenvalue weighted by atomic mass is 16.3. The Morgan fingerprint density at radius 2 is 2.17 bits per heavy atom. The van der Waals surface area contributed by atoms with E-state index in [2.05, 4.69) is 25.4 Å². The molecule has 1 aliphatic rings. The van der Waals surface area contributed by atoms with E-state index in [1.54, 1.807) is 6.07 Å². The van der Waals surface area contributed by atoms with Crippen molar-refractivity contribution in [1.82, 2.24) is 5.32 Å². The van der Waals surface area contributed by atoms with Gasteiger partial charge in [-0.1, -0.05) is 25.5 Å². The van der Waals surface area contributed by atoms with E-state index in [1.165, 1.54) is 31.2 Å². The highest BCUT2D eigenvalue weighted by Crippen LogP contribution is 2.33. The Balaban J connectivity index is 2.04. The van der Waals surface area contributed by atoms with E-state index in [9.17, 15) is 5.11 Å². The molecule has 0 spiro atoms. The molecular weight excluding hydrogens is 222 g/mol. The van der Waals surface area contributed by atoms with E-state index in [0.717, 1.165) is 12.3 Å².